The molecule has 2 heterocycles. The number of hydrogen-bond acceptors (Lipinski definition) is 3. The Kier molecular flexibility index (Phi) is 3.01. The van der Waals surface area contributed by atoms with Crippen molar-refractivity contribution >= 4 is 27.3 Å². The highest BCUT2D eigenvalue weighted by Crippen LogP contribution is 2.31. The smallest absolute Gasteiger partial charge is 0.0612 e. The summed E-state index contributed by atoms with van der Waals surface area (Å²) >= 11 is 3.53. The van der Waals surface area contributed by atoms with Gasteiger partial charge in [-0.15, -0.1) is 0 Å². The molecule has 0 aliphatic carbocycles. The summed E-state index contributed by atoms with van der Waals surface area (Å²) in [5, 5.41) is 0. The molecule has 0 spiro atoms. The molecule has 2 aliphatic rings. The number of benzene rings is 1. The van der Waals surface area contributed by atoms with Crippen LogP contribution in [0.1, 0.15) is 12.8 Å². The highest BCUT2D eigenvalue weighted by atomic mass is 79.9. The maximum absolute atomic E-state index is 6.08. The number of rotatable bonds is 1. The molecule has 17 heavy (non-hydrogen) atoms. The third-order valence-electron chi connectivity index (χ3n) is 3.92. The average molecular weight is 296 g/mol. The van der Waals surface area contributed by atoms with E-state index < -0.39 is 0 Å². The van der Waals surface area contributed by atoms with Gasteiger partial charge in [-0.2, -0.15) is 0 Å². The molecule has 0 saturated carbocycles. The predicted octanol–water partition coefficient (Wildman–Crippen LogP) is 2.32. The fraction of sp³-hybridized carbons (Fsp3) is 0.538. The van der Waals surface area contributed by atoms with E-state index in [2.05, 4.69) is 31.8 Å². The van der Waals surface area contributed by atoms with Gasteiger partial charge in [0.25, 0.3) is 0 Å². The SMILES string of the molecule is Nc1ccc(Br)cc1N1CCN2CCCC2C1. The van der Waals surface area contributed by atoms with Crippen LogP contribution in [-0.2, 0) is 0 Å². The molecule has 2 N–H and O–H groups in total. The maximum Gasteiger partial charge on any atom is 0.0612 e. The summed E-state index contributed by atoms with van der Waals surface area (Å²) in [7, 11) is 0. The molecule has 3 nitrogen and oxygen atoms in total. The summed E-state index contributed by atoms with van der Waals surface area (Å²) in [5.41, 5.74) is 8.16. The highest BCUT2D eigenvalue weighted by Gasteiger charge is 2.31. The Hall–Kier alpha value is -0.740. The standard InChI is InChI=1S/C13H18BrN3/c14-10-3-4-12(15)13(8-10)17-7-6-16-5-1-2-11(16)9-17/h3-4,8,11H,1-2,5-7,9,15H2. The van der Waals surface area contributed by atoms with E-state index in [-0.39, 0.29) is 0 Å². The van der Waals surface area contributed by atoms with Gasteiger partial charge in [0, 0.05) is 30.1 Å². The third kappa shape index (κ3) is 2.16. The number of anilines is 2. The molecular formula is C13H18BrN3. The van der Waals surface area contributed by atoms with Crippen molar-refractivity contribution in [3.05, 3.63) is 22.7 Å². The molecule has 3 rings (SSSR count). The summed E-state index contributed by atoms with van der Waals surface area (Å²) < 4.78 is 1.11. The molecule has 1 unspecified atom stereocenters. The van der Waals surface area contributed by atoms with Crippen molar-refractivity contribution in [1.29, 1.82) is 0 Å². The van der Waals surface area contributed by atoms with Crippen molar-refractivity contribution < 1.29 is 0 Å². The van der Waals surface area contributed by atoms with E-state index in [1.54, 1.807) is 0 Å². The molecule has 1 aromatic rings. The fourth-order valence-electron chi connectivity index (χ4n) is 3.00. The Balaban J connectivity index is 1.82. The van der Waals surface area contributed by atoms with Crippen LogP contribution in [0.5, 0.6) is 0 Å². The van der Waals surface area contributed by atoms with Crippen LogP contribution in [0, 0.1) is 0 Å². The second-order valence-electron chi connectivity index (χ2n) is 4.98. The first kappa shape index (κ1) is 11.4. The average Bonchev–Trinajstić information content (AvgIpc) is 2.79. The number of piperazine rings is 1. The van der Waals surface area contributed by atoms with Gasteiger partial charge in [-0.3, -0.25) is 4.90 Å². The number of fused-ring (bicyclic) bond motifs is 1. The first-order chi connectivity index (χ1) is 8.24. The van der Waals surface area contributed by atoms with Gasteiger partial charge < -0.3 is 10.6 Å². The van der Waals surface area contributed by atoms with E-state index in [0.717, 1.165) is 29.3 Å². The van der Waals surface area contributed by atoms with E-state index in [4.69, 9.17) is 5.73 Å². The van der Waals surface area contributed by atoms with Gasteiger partial charge in [0.05, 0.1) is 11.4 Å². The van der Waals surface area contributed by atoms with Crippen LogP contribution < -0.4 is 10.6 Å². The van der Waals surface area contributed by atoms with Gasteiger partial charge in [0.15, 0.2) is 0 Å². The van der Waals surface area contributed by atoms with Crippen molar-refractivity contribution in [3.63, 3.8) is 0 Å². The van der Waals surface area contributed by atoms with Crippen molar-refractivity contribution in [3.8, 4) is 0 Å². The summed E-state index contributed by atoms with van der Waals surface area (Å²) in [5.74, 6) is 0. The van der Waals surface area contributed by atoms with E-state index in [9.17, 15) is 0 Å². The van der Waals surface area contributed by atoms with Crippen LogP contribution in [0.4, 0.5) is 11.4 Å². The van der Waals surface area contributed by atoms with Crippen LogP contribution in [-0.4, -0.2) is 37.1 Å². The molecule has 92 valence electrons. The molecule has 0 bridgehead atoms. The second kappa shape index (κ2) is 4.50. The highest BCUT2D eigenvalue weighted by molar-refractivity contribution is 9.10. The fourth-order valence-corrected chi connectivity index (χ4v) is 3.35. The normalized spacial score (nSPS) is 25.0. The minimum atomic E-state index is 0.738. The van der Waals surface area contributed by atoms with Gasteiger partial charge in [0.1, 0.15) is 0 Å². The molecule has 4 heteroatoms. The molecule has 0 aromatic heterocycles. The van der Waals surface area contributed by atoms with Gasteiger partial charge >= 0.3 is 0 Å². The molecule has 1 aromatic carbocycles. The molecule has 2 fully saturated rings. The Morgan fingerprint density at radius 3 is 3.00 bits per heavy atom. The lowest BCUT2D eigenvalue weighted by atomic mass is 10.1. The second-order valence-corrected chi connectivity index (χ2v) is 5.90. The van der Waals surface area contributed by atoms with Crippen molar-refractivity contribution in [2.75, 3.05) is 36.8 Å². The van der Waals surface area contributed by atoms with Crippen LogP contribution >= 0.6 is 15.9 Å². The van der Waals surface area contributed by atoms with E-state index >= 15 is 0 Å². The molecule has 2 aliphatic heterocycles. The molecule has 2 saturated heterocycles. The Morgan fingerprint density at radius 1 is 1.24 bits per heavy atom. The van der Waals surface area contributed by atoms with Crippen LogP contribution in [0.3, 0.4) is 0 Å². The number of hydrogen-bond donors (Lipinski definition) is 1. The molecule has 0 radical (unpaired) electrons. The minimum absolute atomic E-state index is 0.738. The lowest BCUT2D eigenvalue weighted by Crippen LogP contribution is -2.50. The van der Waals surface area contributed by atoms with Crippen LogP contribution in [0.2, 0.25) is 0 Å². The number of nitrogens with two attached hydrogens (primary N) is 1. The van der Waals surface area contributed by atoms with E-state index in [1.165, 1.54) is 31.6 Å². The maximum atomic E-state index is 6.08. The molecule has 0 amide bonds. The molecule has 1 atom stereocenters. The summed E-state index contributed by atoms with van der Waals surface area (Å²) in [6.07, 6.45) is 2.69. The Bertz CT molecular complexity index is 421. The first-order valence-electron chi connectivity index (χ1n) is 6.28. The summed E-state index contributed by atoms with van der Waals surface area (Å²) in [4.78, 5) is 5.05. The minimum Gasteiger partial charge on any atom is -0.397 e. The quantitative estimate of drug-likeness (QED) is 0.807. The van der Waals surface area contributed by atoms with Crippen molar-refractivity contribution in [2.45, 2.75) is 18.9 Å². The van der Waals surface area contributed by atoms with Gasteiger partial charge in [0.2, 0.25) is 0 Å². The van der Waals surface area contributed by atoms with Crippen LogP contribution in [0.15, 0.2) is 22.7 Å². The zero-order chi connectivity index (χ0) is 11.8. The lowest BCUT2D eigenvalue weighted by Gasteiger charge is -2.39. The lowest BCUT2D eigenvalue weighted by molar-refractivity contribution is 0.231. The number of halogens is 1. The van der Waals surface area contributed by atoms with Gasteiger partial charge in [-0.1, -0.05) is 15.9 Å². The zero-order valence-electron chi connectivity index (χ0n) is 9.90. The van der Waals surface area contributed by atoms with E-state index in [1.807, 2.05) is 12.1 Å². The number of nitrogens with zero attached hydrogens (tertiary/aromatic N) is 2. The Labute approximate surface area is 111 Å². The number of nitrogen functional groups attached to an aromatic ring is 1. The topological polar surface area (TPSA) is 32.5 Å². The van der Waals surface area contributed by atoms with E-state index in [0.29, 0.717) is 0 Å². The summed E-state index contributed by atoms with van der Waals surface area (Å²) in [6, 6.07) is 6.87. The third-order valence-corrected chi connectivity index (χ3v) is 4.41. The predicted molar refractivity (Wildman–Crippen MR) is 75.4 cm³/mol. The largest absolute Gasteiger partial charge is 0.397 e. The van der Waals surface area contributed by atoms with Crippen LogP contribution in [0.25, 0.3) is 0 Å². The van der Waals surface area contributed by atoms with Gasteiger partial charge in [-0.05, 0) is 37.6 Å². The monoisotopic (exact) mass is 295 g/mol. The molecular weight excluding hydrogens is 278 g/mol. The zero-order valence-corrected chi connectivity index (χ0v) is 11.5. The summed E-state index contributed by atoms with van der Waals surface area (Å²) in [6.45, 7) is 4.68. The van der Waals surface area contributed by atoms with Gasteiger partial charge in [-0.25, -0.2) is 0 Å². The Morgan fingerprint density at radius 2 is 2.12 bits per heavy atom. The van der Waals surface area contributed by atoms with Crippen molar-refractivity contribution in [2.24, 2.45) is 0 Å². The first-order valence-corrected chi connectivity index (χ1v) is 7.07. The van der Waals surface area contributed by atoms with Crippen molar-refractivity contribution in [1.82, 2.24) is 4.90 Å².